The van der Waals surface area contributed by atoms with E-state index in [0.29, 0.717) is 0 Å². The summed E-state index contributed by atoms with van der Waals surface area (Å²) in [5.41, 5.74) is 0. The highest BCUT2D eigenvalue weighted by atomic mass is 35.5. The van der Waals surface area contributed by atoms with Crippen LogP contribution in [0.15, 0.2) is 11.1 Å². The number of aliphatic hydroxyl groups excluding tert-OH is 1. The highest BCUT2D eigenvalue weighted by Crippen LogP contribution is 2.29. The van der Waals surface area contributed by atoms with Gasteiger partial charge in [-0.15, -0.1) is 0 Å². The summed E-state index contributed by atoms with van der Waals surface area (Å²) in [7, 11) is 0. The van der Waals surface area contributed by atoms with Crippen LogP contribution in [0.5, 0.6) is 0 Å². The van der Waals surface area contributed by atoms with E-state index in [0.717, 1.165) is 17.4 Å². The van der Waals surface area contributed by atoms with E-state index in [1.165, 1.54) is 32.1 Å². The third kappa shape index (κ3) is 3.59. The van der Waals surface area contributed by atoms with E-state index in [4.69, 9.17) is 16.7 Å². The molecule has 1 aliphatic rings. The van der Waals surface area contributed by atoms with E-state index >= 15 is 0 Å². The molecule has 70 valence electrons. The molecule has 0 heterocycles. The zero-order valence-corrected chi connectivity index (χ0v) is 8.19. The van der Waals surface area contributed by atoms with Crippen molar-refractivity contribution in [1.29, 1.82) is 0 Å². The van der Waals surface area contributed by atoms with E-state index < -0.39 is 0 Å². The smallest absolute Gasteiger partial charge is 0.0626 e. The minimum atomic E-state index is 0.0750. The van der Waals surface area contributed by atoms with Gasteiger partial charge in [-0.05, 0) is 18.4 Å². The first-order valence-corrected chi connectivity index (χ1v) is 5.16. The van der Waals surface area contributed by atoms with Crippen molar-refractivity contribution in [2.45, 2.75) is 38.5 Å². The fraction of sp³-hybridized carbons (Fsp3) is 0.800. The Morgan fingerprint density at radius 2 is 2.00 bits per heavy atom. The predicted octanol–water partition coefficient (Wildman–Crippen LogP) is 3.07. The number of halogens is 1. The minimum Gasteiger partial charge on any atom is -0.392 e. The quantitative estimate of drug-likeness (QED) is 0.722. The van der Waals surface area contributed by atoms with Crippen molar-refractivity contribution < 1.29 is 5.11 Å². The molecule has 0 amide bonds. The summed E-state index contributed by atoms with van der Waals surface area (Å²) in [5, 5.41) is 9.44. The molecule has 0 aromatic rings. The molecule has 0 aliphatic heterocycles. The van der Waals surface area contributed by atoms with Crippen LogP contribution in [0.2, 0.25) is 0 Å². The highest BCUT2D eigenvalue weighted by Gasteiger charge is 2.13. The summed E-state index contributed by atoms with van der Waals surface area (Å²) in [4.78, 5) is 0. The maximum atomic E-state index is 8.61. The van der Waals surface area contributed by atoms with Crippen LogP contribution in [-0.2, 0) is 0 Å². The van der Waals surface area contributed by atoms with Gasteiger partial charge in [0.15, 0.2) is 0 Å². The van der Waals surface area contributed by atoms with Crippen LogP contribution in [0.3, 0.4) is 0 Å². The van der Waals surface area contributed by atoms with Gasteiger partial charge in [0.25, 0.3) is 0 Å². The van der Waals surface area contributed by atoms with Crippen LogP contribution in [-0.4, -0.2) is 11.7 Å². The molecule has 0 unspecified atom stereocenters. The van der Waals surface area contributed by atoms with Crippen molar-refractivity contribution in [3.05, 3.63) is 11.1 Å². The molecule has 1 N–H and O–H groups in total. The van der Waals surface area contributed by atoms with Crippen molar-refractivity contribution in [3.8, 4) is 0 Å². The average molecular weight is 189 g/mol. The Balaban J connectivity index is 2.24. The summed E-state index contributed by atoms with van der Waals surface area (Å²) in [5.74, 6) is 0.772. The van der Waals surface area contributed by atoms with Crippen LogP contribution in [0, 0.1) is 5.92 Å². The van der Waals surface area contributed by atoms with E-state index in [2.05, 4.69) is 0 Å². The Morgan fingerprint density at radius 3 is 2.58 bits per heavy atom. The van der Waals surface area contributed by atoms with Gasteiger partial charge in [-0.3, -0.25) is 0 Å². The number of rotatable bonds is 3. The van der Waals surface area contributed by atoms with Crippen molar-refractivity contribution in [2.75, 3.05) is 6.61 Å². The Kier molecular flexibility index (Phi) is 4.70. The topological polar surface area (TPSA) is 20.2 Å². The van der Waals surface area contributed by atoms with Crippen LogP contribution in [0.25, 0.3) is 0 Å². The third-order valence-electron chi connectivity index (χ3n) is 2.52. The molecule has 1 saturated carbocycles. The first-order chi connectivity index (χ1) is 5.83. The maximum absolute atomic E-state index is 8.61. The molecule has 0 aromatic carbocycles. The van der Waals surface area contributed by atoms with E-state index in [9.17, 15) is 0 Å². The van der Waals surface area contributed by atoms with Gasteiger partial charge in [0.1, 0.15) is 0 Å². The SMILES string of the molecule is OC/C=C(\Cl)CC1CCCCC1. The normalized spacial score (nSPS) is 21.3. The molecule has 0 bridgehead atoms. The minimum absolute atomic E-state index is 0.0750. The van der Waals surface area contributed by atoms with E-state index in [1.54, 1.807) is 6.08 Å². The molecule has 12 heavy (non-hydrogen) atoms. The van der Waals surface area contributed by atoms with E-state index in [-0.39, 0.29) is 6.61 Å². The lowest BCUT2D eigenvalue weighted by Gasteiger charge is -2.20. The second-order valence-electron chi connectivity index (χ2n) is 3.54. The monoisotopic (exact) mass is 188 g/mol. The summed E-state index contributed by atoms with van der Waals surface area (Å²) < 4.78 is 0. The van der Waals surface area contributed by atoms with Crippen molar-refractivity contribution in [2.24, 2.45) is 5.92 Å². The zero-order valence-electron chi connectivity index (χ0n) is 7.43. The molecular formula is C10H17ClO. The lowest BCUT2D eigenvalue weighted by Crippen LogP contribution is -2.05. The largest absolute Gasteiger partial charge is 0.392 e. The van der Waals surface area contributed by atoms with E-state index in [1.807, 2.05) is 0 Å². The number of aliphatic hydroxyl groups is 1. The molecule has 2 heteroatoms. The van der Waals surface area contributed by atoms with Crippen LogP contribution in [0.4, 0.5) is 0 Å². The van der Waals surface area contributed by atoms with Crippen LogP contribution >= 0.6 is 11.6 Å². The van der Waals surface area contributed by atoms with Crippen LogP contribution < -0.4 is 0 Å². The Morgan fingerprint density at radius 1 is 1.33 bits per heavy atom. The molecule has 0 radical (unpaired) electrons. The van der Waals surface area contributed by atoms with Gasteiger partial charge < -0.3 is 5.11 Å². The Bertz CT molecular complexity index is 148. The zero-order chi connectivity index (χ0) is 8.81. The molecule has 1 rings (SSSR count). The second kappa shape index (κ2) is 5.60. The second-order valence-corrected chi connectivity index (χ2v) is 4.03. The van der Waals surface area contributed by atoms with Gasteiger partial charge in [-0.1, -0.05) is 43.7 Å². The molecule has 1 fully saturated rings. The number of allylic oxidation sites excluding steroid dienone is 1. The average Bonchev–Trinajstić information content (AvgIpc) is 2.06. The van der Waals surface area contributed by atoms with Gasteiger partial charge in [0.2, 0.25) is 0 Å². The fourth-order valence-corrected chi connectivity index (χ4v) is 2.14. The van der Waals surface area contributed by atoms with Gasteiger partial charge >= 0.3 is 0 Å². The molecule has 1 aliphatic carbocycles. The summed E-state index contributed by atoms with van der Waals surface area (Å²) in [6.07, 6.45) is 9.41. The predicted molar refractivity (Wildman–Crippen MR) is 52.2 cm³/mol. The number of hydrogen-bond acceptors (Lipinski definition) is 1. The van der Waals surface area contributed by atoms with Crippen molar-refractivity contribution in [1.82, 2.24) is 0 Å². The maximum Gasteiger partial charge on any atom is 0.0626 e. The number of hydrogen-bond donors (Lipinski definition) is 1. The molecule has 0 aromatic heterocycles. The van der Waals surface area contributed by atoms with Crippen molar-refractivity contribution >= 4 is 11.6 Å². The Hall–Kier alpha value is -0.0100. The van der Waals surface area contributed by atoms with Crippen LogP contribution in [0.1, 0.15) is 38.5 Å². The third-order valence-corrected chi connectivity index (χ3v) is 2.83. The molecule has 1 nitrogen and oxygen atoms in total. The summed E-state index contributed by atoms with van der Waals surface area (Å²) >= 11 is 5.92. The lowest BCUT2D eigenvalue weighted by molar-refractivity contribution is 0.338. The highest BCUT2D eigenvalue weighted by molar-refractivity contribution is 6.29. The standard InChI is InChI=1S/C10H17ClO/c11-10(6-7-12)8-9-4-2-1-3-5-9/h6,9,12H,1-5,7-8H2/b10-6-. The molecular weight excluding hydrogens is 172 g/mol. The summed E-state index contributed by atoms with van der Waals surface area (Å²) in [6.45, 7) is 0.0750. The van der Waals surface area contributed by atoms with Gasteiger partial charge in [0, 0.05) is 5.03 Å². The van der Waals surface area contributed by atoms with Gasteiger partial charge in [-0.2, -0.15) is 0 Å². The fourth-order valence-electron chi connectivity index (χ4n) is 1.85. The Labute approximate surface area is 79.4 Å². The van der Waals surface area contributed by atoms with Gasteiger partial charge in [-0.25, -0.2) is 0 Å². The molecule has 0 spiro atoms. The molecule has 0 atom stereocenters. The first kappa shape index (κ1) is 10.1. The molecule has 0 saturated heterocycles. The van der Waals surface area contributed by atoms with Crippen molar-refractivity contribution in [3.63, 3.8) is 0 Å². The lowest BCUT2D eigenvalue weighted by atomic mass is 9.87. The van der Waals surface area contributed by atoms with Gasteiger partial charge in [0.05, 0.1) is 6.61 Å². The first-order valence-electron chi connectivity index (χ1n) is 4.78. The summed E-state index contributed by atoms with van der Waals surface area (Å²) in [6, 6.07) is 0.